The molecule has 0 radical (unpaired) electrons. The molecule has 0 bridgehead atoms. The first-order valence-corrected chi connectivity index (χ1v) is 8.46. The van der Waals surface area contributed by atoms with E-state index in [2.05, 4.69) is 11.8 Å². The Morgan fingerprint density at radius 1 is 1.15 bits per heavy atom. The second kappa shape index (κ2) is 6.65. The summed E-state index contributed by atoms with van der Waals surface area (Å²) in [4.78, 5) is 2.04. The van der Waals surface area contributed by atoms with Gasteiger partial charge in [0, 0.05) is 19.6 Å². The molecule has 1 saturated heterocycles. The van der Waals surface area contributed by atoms with Crippen molar-refractivity contribution in [2.75, 3.05) is 32.7 Å². The van der Waals surface area contributed by atoms with Gasteiger partial charge in [0.05, 0.1) is 0 Å². The van der Waals surface area contributed by atoms with Crippen LogP contribution in [-0.2, 0) is 10.0 Å². The van der Waals surface area contributed by atoms with E-state index < -0.39 is 15.8 Å². The molecule has 1 aliphatic rings. The smallest absolute Gasteiger partial charge is 0.246 e. The monoisotopic (exact) mass is 300 g/mol. The number of rotatable bonds is 4. The lowest BCUT2D eigenvalue weighted by atomic mass is 10.3. The van der Waals surface area contributed by atoms with Crippen LogP contribution in [0, 0.1) is 5.82 Å². The second-order valence-corrected chi connectivity index (χ2v) is 6.94. The van der Waals surface area contributed by atoms with Crippen LogP contribution in [-0.4, -0.2) is 50.3 Å². The number of benzene rings is 1. The molecular weight excluding hydrogens is 279 g/mol. The summed E-state index contributed by atoms with van der Waals surface area (Å²) in [6, 6.07) is 5.57. The summed E-state index contributed by atoms with van der Waals surface area (Å²) >= 11 is 0. The lowest BCUT2D eigenvalue weighted by molar-refractivity contribution is 0.287. The molecular formula is C14H21FN2O2S. The maximum Gasteiger partial charge on any atom is 0.246 e. The van der Waals surface area contributed by atoms with E-state index >= 15 is 0 Å². The quantitative estimate of drug-likeness (QED) is 0.853. The molecule has 6 heteroatoms. The van der Waals surface area contributed by atoms with Crippen LogP contribution >= 0.6 is 0 Å². The zero-order valence-corrected chi connectivity index (χ0v) is 12.6. The second-order valence-electron chi connectivity index (χ2n) is 5.03. The summed E-state index contributed by atoms with van der Waals surface area (Å²) in [5.41, 5.74) is 0. The van der Waals surface area contributed by atoms with E-state index in [1.165, 1.54) is 22.5 Å². The van der Waals surface area contributed by atoms with Gasteiger partial charge >= 0.3 is 0 Å². The molecule has 1 aliphatic heterocycles. The van der Waals surface area contributed by atoms with E-state index in [0.29, 0.717) is 19.6 Å². The summed E-state index contributed by atoms with van der Waals surface area (Å²) in [5.74, 6) is -0.679. The molecule has 1 aromatic carbocycles. The minimum absolute atomic E-state index is 0.219. The van der Waals surface area contributed by atoms with Crippen LogP contribution < -0.4 is 0 Å². The minimum Gasteiger partial charge on any atom is -0.302 e. The molecule has 0 saturated carbocycles. The van der Waals surface area contributed by atoms with Crippen molar-refractivity contribution in [3.63, 3.8) is 0 Å². The van der Waals surface area contributed by atoms with Gasteiger partial charge in [-0.3, -0.25) is 0 Å². The van der Waals surface area contributed by atoms with Crippen LogP contribution in [0.2, 0.25) is 0 Å². The molecule has 0 spiro atoms. The van der Waals surface area contributed by atoms with Crippen molar-refractivity contribution in [3.8, 4) is 0 Å². The zero-order chi connectivity index (χ0) is 14.6. The minimum atomic E-state index is -3.72. The van der Waals surface area contributed by atoms with Crippen LogP contribution in [0.4, 0.5) is 4.39 Å². The third-order valence-corrected chi connectivity index (χ3v) is 5.47. The molecule has 112 valence electrons. The first kappa shape index (κ1) is 15.4. The molecule has 0 N–H and O–H groups in total. The average molecular weight is 300 g/mol. The van der Waals surface area contributed by atoms with Gasteiger partial charge in [0.1, 0.15) is 10.7 Å². The normalized spacial score (nSPS) is 18.9. The summed E-state index contributed by atoms with van der Waals surface area (Å²) in [6.07, 6.45) is 1.84. The maximum atomic E-state index is 13.7. The van der Waals surface area contributed by atoms with Crippen molar-refractivity contribution in [1.82, 2.24) is 9.21 Å². The van der Waals surface area contributed by atoms with Crippen molar-refractivity contribution in [3.05, 3.63) is 30.1 Å². The van der Waals surface area contributed by atoms with Crippen LogP contribution in [0.5, 0.6) is 0 Å². The Morgan fingerprint density at radius 3 is 2.60 bits per heavy atom. The Balaban J connectivity index is 2.16. The van der Waals surface area contributed by atoms with Gasteiger partial charge in [-0.15, -0.1) is 0 Å². The Hall–Kier alpha value is -0.980. The zero-order valence-electron chi connectivity index (χ0n) is 11.8. The Bertz CT molecular complexity index is 548. The fourth-order valence-electron chi connectivity index (χ4n) is 2.52. The Labute approximate surface area is 120 Å². The number of sulfonamides is 1. The number of halogens is 1. The molecule has 1 fully saturated rings. The highest BCUT2D eigenvalue weighted by Gasteiger charge is 2.28. The molecule has 0 atom stereocenters. The number of nitrogens with zero attached hydrogens (tertiary/aromatic N) is 2. The SMILES string of the molecule is CCCN1CCCN(S(=O)(=O)c2ccccc2F)CC1. The molecule has 1 aromatic rings. The molecule has 4 nitrogen and oxygen atoms in total. The largest absolute Gasteiger partial charge is 0.302 e. The highest BCUT2D eigenvalue weighted by Crippen LogP contribution is 2.20. The van der Waals surface area contributed by atoms with Crippen molar-refractivity contribution >= 4 is 10.0 Å². The van der Waals surface area contributed by atoms with Crippen LogP contribution in [0.3, 0.4) is 0 Å². The third-order valence-electron chi connectivity index (χ3n) is 3.54. The van der Waals surface area contributed by atoms with Gasteiger partial charge in [0.15, 0.2) is 0 Å². The van der Waals surface area contributed by atoms with E-state index in [-0.39, 0.29) is 4.90 Å². The highest BCUT2D eigenvalue weighted by molar-refractivity contribution is 7.89. The van der Waals surface area contributed by atoms with Gasteiger partial charge in [0.25, 0.3) is 0 Å². The molecule has 0 amide bonds. The Kier molecular flexibility index (Phi) is 5.12. The van der Waals surface area contributed by atoms with E-state index in [1.54, 1.807) is 6.07 Å². The lowest BCUT2D eigenvalue weighted by Crippen LogP contribution is -2.35. The summed E-state index contributed by atoms with van der Waals surface area (Å²) in [7, 11) is -3.72. The molecule has 2 rings (SSSR count). The number of hydrogen-bond acceptors (Lipinski definition) is 3. The van der Waals surface area contributed by atoms with Gasteiger partial charge in [-0.2, -0.15) is 4.31 Å². The van der Waals surface area contributed by atoms with Crippen LogP contribution in [0.1, 0.15) is 19.8 Å². The van der Waals surface area contributed by atoms with Crippen molar-refractivity contribution in [2.24, 2.45) is 0 Å². The maximum absolute atomic E-state index is 13.7. The summed E-state index contributed by atoms with van der Waals surface area (Å²) < 4.78 is 40.1. The predicted octanol–water partition coefficient (Wildman–Crippen LogP) is 1.93. The Morgan fingerprint density at radius 2 is 1.90 bits per heavy atom. The van der Waals surface area contributed by atoms with Gasteiger partial charge in [-0.05, 0) is 38.1 Å². The van der Waals surface area contributed by atoms with Gasteiger partial charge < -0.3 is 4.90 Å². The van der Waals surface area contributed by atoms with Gasteiger partial charge in [-0.1, -0.05) is 19.1 Å². The number of hydrogen-bond donors (Lipinski definition) is 0. The first-order valence-electron chi connectivity index (χ1n) is 7.02. The van der Waals surface area contributed by atoms with Crippen LogP contribution in [0.25, 0.3) is 0 Å². The van der Waals surface area contributed by atoms with Crippen LogP contribution in [0.15, 0.2) is 29.2 Å². The topological polar surface area (TPSA) is 40.6 Å². The van der Waals surface area contributed by atoms with Gasteiger partial charge in [0.2, 0.25) is 10.0 Å². The summed E-state index contributed by atoms with van der Waals surface area (Å²) in [6.45, 7) is 5.58. The van der Waals surface area contributed by atoms with Crippen molar-refractivity contribution in [2.45, 2.75) is 24.7 Å². The fourth-order valence-corrected chi connectivity index (χ4v) is 4.06. The highest BCUT2D eigenvalue weighted by atomic mass is 32.2. The van der Waals surface area contributed by atoms with E-state index in [0.717, 1.165) is 25.9 Å². The van der Waals surface area contributed by atoms with E-state index in [9.17, 15) is 12.8 Å². The van der Waals surface area contributed by atoms with Gasteiger partial charge in [-0.25, -0.2) is 12.8 Å². The van der Waals surface area contributed by atoms with E-state index in [1.807, 2.05) is 0 Å². The lowest BCUT2D eigenvalue weighted by Gasteiger charge is -2.21. The third kappa shape index (κ3) is 3.37. The van der Waals surface area contributed by atoms with E-state index in [4.69, 9.17) is 0 Å². The predicted molar refractivity (Wildman–Crippen MR) is 76.5 cm³/mol. The standard InChI is InChI=1S/C14H21FN2O2S/c1-2-8-16-9-5-10-17(12-11-16)20(18,19)14-7-4-3-6-13(14)15/h3-4,6-7H,2,5,8-12H2,1H3. The van der Waals surface area contributed by atoms with Crippen molar-refractivity contribution in [1.29, 1.82) is 0 Å². The molecule has 0 unspecified atom stereocenters. The molecule has 1 heterocycles. The summed E-state index contributed by atoms with van der Waals surface area (Å²) in [5, 5.41) is 0. The average Bonchev–Trinajstić information content (AvgIpc) is 2.65. The fraction of sp³-hybridized carbons (Fsp3) is 0.571. The van der Waals surface area contributed by atoms with Crippen molar-refractivity contribution < 1.29 is 12.8 Å². The first-order chi connectivity index (χ1) is 9.55. The molecule has 0 aromatic heterocycles. The molecule has 0 aliphatic carbocycles. The molecule has 20 heavy (non-hydrogen) atoms.